The van der Waals surface area contributed by atoms with Crippen molar-refractivity contribution in [2.24, 2.45) is 5.92 Å². The third-order valence-corrected chi connectivity index (χ3v) is 9.80. The van der Waals surface area contributed by atoms with E-state index in [4.69, 9.17) is 18.0 Å². The summed E-state index contributed by atoms with van der Waals surface area (Å²) in [6, 6.07) is 9.64. The lowest BCUT2D eigenvalue weighted by Crippen LogP contribution is -2.46. The average Bonchev–Trinajstić information content (AvgIpc) is 2.81. The van der Waals surface area contributed by atoms with E-state index in [-0.39, 0.29) is 0 Å². The monoisotopic (exact) mass is 464 g/mol. The van der Waals surface area contributed by atoms with Crippen molar-refractivity contribution in [2.75, 3.05) is 26.4 Å². The van der Waals surface area contributed by atoms with Crippen LogP contribution in [0.3, 0.4) is 0 Å². The second kappa shape index (κ2) is 15.9. The Morgan fingerprint density at radius 1 is 0.750 bits per heavy atom. The third kappa shape index (κ3) is 9.54. The van der Waals surface area contributed by atoms with Crippen LogP contribution in [0.5, 0.6) is 5.75 Å². The molecule has 0 unspecified atom stereocenters. The topological polar surface area (TPSA) is 36.9 Å². The summed E-state index contributed by atoms with van der Waals surface area (Å²) in [4.78, 5) is 0. The highest BCUT2D eigenvalue weighted by atomic mass is 28.4. The first kappa shape index (κ1) is 27.4. The first-order valence-corrected chi connectivity index (χ1v) is 15.2. The first-order chi connectivity index (χ1) is 15.7. The Labute approximate surface area is 198 Å². The van der Waals surface area contributed by atoms with Gasteiger partial charge in [0.25, 0.3) is 0 Å². The van der Waals surface area contributed by atoms with Gasteiger partial charge < -0.3 is 18.0 Å². The molecule has 0 spiro atoms. The Balaban J connectivity index is 1.71. The fourth-order valence-electron chi connectivity index (χ4n) is 4.96. The summed E-state index contributed by atoms with van der Waals surface area (Å²) in [6.07, 6.45) is 13.4. The van der Waals surface area contributed by atoms with Gasteiger partial charge in [-0.2, -0.15) is 0 Å². The SMILES string of the molecule is CCCCCCC1CCC(c2ccc(OCCC[Si](OCC)(OCC)OCC)cc2)CC1. The second-order valence-corrected chi connectivity index (χ2v) is 11.8. The Hall–Kier alpha value is -0.883. The van der Waals surface area contributed by atoms with Gasteiger partial charge in [0.2, 0.25) is 0 Å². The van der Waals surface area contributed by atoms with Crippen LogP contribution in [0, 0.1) is 5.92 Å². The van der Waals surface area contributed by atoms with E-state index < -0.39 is 8.80 Å². The predicted octanol–water partition coefficient (Wildman–Crippen LogP) is 7.75. The van der Waals surface area contributed by atoms with Gasteiger partial charge in [0.1, 0.15) is 5.75 Å². The zero-order valence-electron chi connectivity index (χ0n) is 21.2. The molecule has 2 rings (SSSR count). The van der Waals surface area contributed by atoms with Gasteiger partial charge in [-0.25, -0.2) is 0 Å². The molecular formula is C27H48O4Si. The molecule has 0 N–H and O–H groups in total. The van der Waals surface area contributed by atoms with Gasteiger partial charge in [0, 0.05) is 25.9 Å². The summed E-state index contributed by atoms with van der Waals surface area (Å²) in [5.41, 5.74) is 1.48. The molecule has 0 atom stereocenters. The molecule has 5 heteroatoms. The minimum atomic E-state index is -2.56. The summed E-state index contributed by atoms with van der Waals surface area (Å²) in [5, 5.41) is 0. The van der Waals surface area contributed by atoms with Crippen molar-refractivity contribution in [3.05, 3.63) is 29.8 Å². The standard InChI is InChI=1S/C27H48O4Si/c1-5-9-10-11-13-24-14-16-25(17-15-24)26-18-20-27(21-19-26)28-22-12-23-32(29-6-2,30-7-3)31-8-4/h18-21,24-25H,5-17,22-23H2,1-4H3. The van der Waals surface area contributed by atoms with Crippen molar-refractivity contribution in [2.45, 2.75) is 104 Å². The molecule has 1 aliphatic carbocycles. The van der Waals surface area contributed by atoms with Gasteiger partial charge in [-0.15, -0.1) is 0 Å². The van der Waals surface area contributed by atoms with Crippen molar-refractivity contribution in [3.8, 4) is 5.75 Å². The second-order valence-electron chi connectivity index (χ2n) is 9.07. The van der Waals surface area contributed by atoms with Crippen molar-refractivity contribution in [3.63, 3.8) is 0 Å². The highest BCUT2D eigenvalue weighted by molar-refractivity contribution is 6.60. The molecule has 1 aromatic rings. The number of ether oxygens (including phenoxy) is 1. The van der Waals surface area contributed by atoms with Gasteiger partial charge >= 0.3 is 8.80 Å². The minimum absolute atomic E-state index is 0.620. The lowest BCUT2D eigenvalue weighted by atomic mass is 9.77. The fraction of sp³-hybridized carbons (Fsp3) is 0.778. The molecule has 0 heterocycles. The smallest absolute Gasteiger partial charge is 0.494 e. The molecule has 1 aromatic carbocycles. The number of benzene rings is 1. The fourth-order valence-corrected chi connectivity index (χ4v) is 7.54. The summed E-state index contributed by atoms with van der Waals surface area (Å²) in [7, 11) is -2.56. The summed E-state index contributed by atoms with van der Waals surface area (Å²) in [6.45, 7) is 10.8. The summed E-state index contributed by atoms with van der Waals surface area (Å²) < 4.78 is 23.8. The highest BCUT2D eigenvalue weighted by Crippen LogP contribution is 2.38. The number of hydrogen-bond donors (Lipinski definition) is 0. The van der Waals surface area contributed by atoms with E-state index in [0.717, 1.165) is 30.1 Å². The maximum atomic E-state index is 6.01. The lowest BCUT2D eigenvalue weighted by Gasteiger charge is -2.29. The molecule has 1 aliphatic rings. The molecule has 1 fully saturated rings. The van der Waals surface area contributed by atoms with E-state index in [9.17, 15) is 0 Å². The van der Waals surface area contributed by atoms with Crippen LogP contribution in [0.15, 0.2) is 24.3 Å². The van der Waals surface area contributed by atoms with Crippen molar-refractivity contribution in [1.82, 2.24) is 0 Å². The Morgan fingerprint density at radius 2 is 1.38 bits per heavy atom. The minimum Gasteiger partial charge on any atom is -0.494 e. The van der Waals surface area contributed by atoms with E-state index in [1.165, 1.54) is 63.4 Å². The molecule has 0 saturated heterocycles. The molecule has 32 heavy (non-hydrogen) atoms. The van der Waals surface area contributed by atoms with E-state index in [0.29, 0.717) is 26.4 Å². The lowest BCUT2D eigenvalue weighted by molar-refractivity contribution is 0.0696. The van der Waals surface area contributed by atoms with E-state index in [1.807, 2.05) is 20.8 Å². The van der Waals surface area contributed by atoms with Gasteiger partial charge in [-0.3, -0.25) is 0 Å². The van der Waals surface area contributed by atoms with Crippen LogP contribution < -0.4 is 4.74 Å². The maximum absolute atomic E-state index is 6.01. The van der Waals surface area contributed by atoms with Crippen molar-refractivity contribution in [1.29, 1.82) is 0 Å². The highest BCUT2D eigenvalue weighted by Gasteiger charge is 2.39. The molecule has 1 saturated carbocycles. The van der Waals surface area contributed by atoms with Crippen molar-refractivity contribution >= 4 is 8.80 Å². The average molecular weight is 465 g/mol. The molecule has 0 aliphatic heterocycles. The zero-order valence-corrected chi connectivity index (χ0v) is 22.2. The van der Waals surface area contributed by atoms with E-state index in [2.05, 4.69) is 31.2 Å². The molecule has 0 aromatic heterocycles. The van der Waals surface area contributed by atoms with Crippen LogP contribution in [-0.2, 0) is 13.3 Å². The maximum Gasteiger partial charge on any atom is 0.501 e. The number of rotatable bonds is 17. The van der Waals surface area contributed by atoms with Crippen LogP contribution in [0.25, 0.3) is 0 Å². The van der Waals surface area contributed by atoms with Gasteiger partial charge in [0.05, 0.1) is 6.61 Å². The summed E-state index contributed by atoms with van der Waals surface area (Å²) >= 11 is 0. The van der Waals surface area contributed by atoms with Crippen LogP contribution in [0.2, 0.25) is 6.04 Å². The van der Waals surface area contributed by atoms with E-state index in [1.54, 1.807) is 0 Å². The predicted molar refractivity (Wildman–Crippen MR) is 135 cm³/mol. The summed E-state index contributed by atoms with van der Waals surface area (Å²) in [5.74, 6) is 2.65. The van der Waals surface area contributed by atoms with Gasteiger partial charge in [0.15, 0.2) is 0 Å². The number of unbranched alkanes of at least 4 members (excludes halogenated alkanes) is 3. The van der Waals surface area contributed by atoms with Crippen LogP contribution in [0.4, 0.5) is 0 Å². The molecule has 0 radical (unpaired) electrons. The molecule has 0 amide bonds. The Morgan fingerprint density at radius 3 is 1.94 bits per heavy atom. The molecule has 184 valence electrons. The Kier molecular flexibility index (Phi) is 13.6. The van der Waals surface area contributed by atoms with Gasteiger partial charge in [-0.1, -0.05) is 51.2 Å². The zero-order chi connectivity index (χ0) is 23.1. The quantitative estimate of drug-likeness (QED) is 0.174. The van der Waals surface area contributed by atoms with Gasteiger partial charge in [-0.05, 0) is 82.4 Å². The van der Waals surface area contributed by atoms with E-state index >= 15 is 0 Å². The van der Waals surface area contributed by atoms with Crippen molar-refractivity contribution < 1.29 is 18.0 Å². The van der Waals surface area contributed by atoms with Crippen LogP contribution in [0.1, 0.15) is 103 Å². The Bertz CT molecular complexity index is 567. The van der Waals surface area contributed by atoms with Crippen LogP contribution >= 0.6 is 0 Å². The molecular weight excluding hydrogens is 416 g/mol. The number of hydrogen-bond acceptors (Lipinski definition) is 4. The largest absolute Gasteiger partial charge is 0.501 e. The normalized spacial score (nSPS) is 19.2. The van der Waals surface area contributed by atoms with Crippen LogP contribution in [-0.4, -0.2) is 35.2 Å². The molecule has 0 bridgehead atoms. The third-order valence-electron chi connectivity index (χ3n) is 6.65. The molecule has 4 nitrogen and oxygen atoms in total. The first-order valence-electron chi connectivity index (χ1n) is 13.3.